The molecule has 5 aromatic rings. The van der Waals surface area contributed by atoms with Gasteiger partial charge in [-0.3, -0.25) is 0 Å². The topological polar surface area (TPSA) is 40.8 Å². The molecule has 0 aliphatic heterocycles. The van der Waals surface area contributed by atoms with Crippen molar-refractivity contribution in [2.75, 3.05) is 0 Å². The zero-order chi connectivity index (χ0) is 25.8. The average molecular weight is 498 g/mol. The number of hydrogen-bond donors (Lipinski definition) is 0. The van der Waals surface area contributed by atoms with Gasteiger partial charge < -0.3 is 4.42 Å². The van der Waals surface area contributed by atoms with Crippen LogP contribution in [0.15, 0.2) is 65.2 Å². The Morgan fingerprint density at radius 2 is 1.66 bits per heavy atom. The highest BCUT2D eigenvalue weighted by Crippen LogP contribution is 2.45. The van der Waals surface area contributed by atoms with E-state index in [9.17, 15) is 5.26 Å². The van der Waals surface area contributed by atoms with Crippen LogP contribution >= 0.6 is 0 Å². The normalized spacial score (nSPS) is 15.7. The molecule has 0 saturated heterocycles. The standard InChI is InChI=1S/C35H33N2O/c1-22-14-16-28-29-17-15-25(21-36)33(35(29)38-34(28)32(22)31-13-6-7-18-37(31)2)26-19-24-11-8-12-27(24)30(20-26)23-9-4-3-5-10-23/h6-7,13-20,23H,3-5,8-12H2,1-2H3/q+1. The fraction of sp³-hybridized carbons (Fsp3) is 0.314. The summed E-state index contributed by atoms with van der Waals surface area (Å²) in [5.41, 5.74) is 12.5. The van der Waals surface area contributed by atoms with Crippen molar-refractivity contribution in [2.24, 2.45) is 7.05 Å². The Hall–Kier alpha value is -3.90. The van der Waals surface area contributed by atoms with Gasteiger partial charge in [0.25, 0.3) is 0 Å². The Morgan fingerprint density at radius 3 is 2.45 bits per heavy atom. The van der Waals surface area contributed by atoms with Crippen LogP contribution in [-0.4, -0.2) is 0 Å². The number of rotatable bonds is 3. The number of aromatic nitrogens is 1. The summed E-state index contributed by atoms with van der Waals surface area (Å²) in [7, 11) is 2.08. The molecule has 1 fully saturated rings. The molecule has 188 valence electrons. The van der Waals surface area contributed by atoms with Gasteiger partial charge in [-0.25, -0.2) is 4.57 Å². The maximum absolute atomic E-state index is 10.2. The zero-order valence-corrected chi connectivity index (χ0v) is 22.3. The molecule has 38 heavy (non-hydrogen) atoms. The summed E-state index contributed by atoms with van der Waals surface area (Å²) in [6, 6.07) is 22.0. The summed E-state index contributed by atoms with van der Waals surface area (Å²) in [5.74, 6) is 0.642. The van der Waals surface area contributed by atoms with Gasteiger partial charge in [-0.1, -0.05) is 43.5 Å². The van der Waals surface area contributed by atoms with Crippen molar-refractivity contribution in [3.8, 4) is 28.5 Å². The number of pyridine rings is 1. The van der Waals surface area contributed by atoms with Gasteiger partial charge in [-0.15, -0.1) is 0 Å². The summed E-state index contributed by atoms with van der Waals surface area (Å²) >= 11 is 0. The predicted molar refractivity (Wildman–Crippen MR) is 153 cm³/mol. The molecule has 0 amide bonds. The van der Waals surface area contributed by atoms with Crippen molar-refractivity contribution in [2.45, 2.75) is 64.2 Å². The molecule has 2 aromatic heterocycles. The monoisotopic (exact) mass is 497 g/mol. The Morgan fingerprint density at radius 1 is 0.868 bits per heavy atom. The summed E-state index contributed by atoms with van der Waals surface area (Å²) in [6.45, 7) is 2.15. The van der Waals surface area contributed by atoms with Crippen molar-refractivity contribution in [3.05, 3.63) is 88.6 Å². The van der Waals surface area contributed by atoms with Crippen LogP contribution in [0.5, 0.6) is 0 Å². The molecule has 0 N–H and O–H groups in total. The number of furan rings is 1. The Kier molecular flexibility index (Phi) is 5.59. The van der Waals surface area contributed by atoms with Crippen LogP contribution < -0.4 is 4.57 Å². The van der Waals surface area contributed by atoms with E-state index in [2.05, 4.69) is 73.3 Å². The average Bonchev–Trinajstić information content (AvgIpc) is 3.57. The molecule has 0 unspecified atom stereocenters. The van der Waals surface area contributed by atoms with E-state index in [0.717, 1.165) is 50.7 Å². The lowest BCUT2D eigenvalue weighted by molar-refractivity contribution is -0.660. The van der Waals surface area contributed by atoms with Crippen LogP contribution in [0.2, 0.25) is 0 Å². The lowest BCUT2D eigenvalue weighted by Gasteiger charge is -2.25. The molecule has 0 atom stereocenters. The Bertz CT molecular complexity index is 1760. The quantitative estimate of drug-likeness (QED) is 0.235. The molecule has 1 saturated carbocycles. The van der Waals surface area contributed by atoms with E-state index < -0.39 is 0 Å². The molecule has 0 radical (unpaired) electrons. The van der Waals surface area contributed by atoms with Gasteiger partial charge in [0.15, 0.2) is 6.20 Å². The van der Waals surface area contributed by atoms with Crippen molar-refractivity contribution >= 4 is 21.9 Å². The second-order valence-corrected chi connectivity index (χ2v) is 11.3. The Balaban J connectivity index is 1.52. The molecule has 3 aromatic carbocycles. The van der Waals surface area contributed by atoms with Crippen molar-refractivity contribution in [1.82, 2.24) is 0 Å². The van der Waals surface area contributed by atoms with Crippen LogP contribution in [0.3, 0.4) is 0 Å². The summed E-state index contributed by atoms with van der Waals surface area (Å²) < 4.78 is 8.99. The second-order valence-electron chi connectivity index (χ2n) is 11.3. The molecule has 7 rings (SSSR count). The summed E-state index contributed by atoms with van der Waals surface area (Å²) in [4.78, 5) is 0. The molecule has 2 aliphatic carbocycles. The smallest absolute Gasteiger partial charge is 0.216 e. The molecule has 3 nitrogen and oxygen atoms in total. The second kappa shape index (κ2) is 9.14. The first-order chi connectivity index (χ1) is 18.6. The lowest BCUT2D eigenvalue weighted by Crippen LogP contribution is -2.30. The first-order valence-corrected chi connectivity index (χ1v) is 14.1. The van der Waals surface area contributed by atoms with E-state index in [1.54, 1.807) is 11.1 Å². The highest BCUT2D eigenvalue weighted by Gasteiger charge is 2.27. The maximum atomic E-state index is 10.2. The van der Waals surface area contributed by atoms with E-state index in [4.69, 9.17) is 4.42 Å². The molecule has 2 aliphatic rings. The third-order valence-electron chi connectivity index (χ3n) is 9.03. The van der Waals surface area contributed by atoms with Gasteiger partial charge in [0.2, 0.25) is 5.69 Å². The van der Waals surface area contributed by atoms with E-state index in [-0.39, 0.29) is 0 Å². The van der Waals surface area contributed by atoms with Crippen LogP contribution in [-0.2, 0) is 19.9 Å². The van der Waals surface area contributed by atoms with E-state index in [1.165, 1.54) is 56.1 Å². The van der Waals surface area contributed by atoms with Gasteiger partial charge in [0.05, 0.1) is 17.2 Å². The molecule has 0 spiro atoms. The highest BCUT2D eigenvalue weighted by molar-refractivity contribution is 6.14. The van der Waals surface area contributed by atoms with E-state index in [0.29, 0.717) is 11.5 Å². The van der Waals surface area contributed by atoms with Gasteiger partial charge in [-0.05, 0) is 91.0 Å². The lowest BCUT2D eigenvalue weighted by atomic mass is 9.80. The van der Waals surface area contributed by atoms with E-state index >= 15 is 0 Å². The minimum absolute atomic E-state index is 0.642. The molecule has 3 heteroatoms. The minimum Gasteiger partial charge on any atom is -0.454 e. The number of fused-ring (bicyclic) bond motifs is 4. The van der Waals surface area contributed by atoms with Crippen molar-refractivity contribution in [1.29, 1.82) is 5.26 Å². The van der Waals surface area contributed by atoms with Crippen LogP contribution in [0.1, 0.15) is 72.3 Å². The first kappa shape index (κ1) is 23.2. The Labute approximate surface area is 224 Å². The predicted octanol–water partition coefficient (Wildman–Crippen LogP) is 8.46. The summed E-state index contributed by atoms with van der Waals surface area (Å²) in [6.07, 6.45) is 12.2. The van der Waals surface area contributed by atoms with Gasteiger partial charge in [0.1, 0.15) is 18.2 Å². The molecular formula is C35H33N2O+. The first-order valence-electron chi connectivity index (χ1n) is 14.1. The zero-order valence-electron chi connectivity index (χ0n) is 22.3. The minimum atomic E-state index is 0.642. The van der Waals surface area contributed by atoms with Gasteiger partial charge in [0, 0.05) is 28.5 Å². The number of hydrogen-bond acceptors (Lipinski definition) is 2. The highest BCUT2D eigenvalue weighted by atomic mass is 16.3. The van der Waals surface area contributed by atoms with Crippen molar-refractivity contribution in [3.63, 3.8) is 0 Å². The molecule has 2 heterocycles. The largest absolute Gasteiger partial charge is 0.454 e. The van der Waals surface area contributed by atoms with Crippen molar-refractivity contribution < 1.29 is 8.98 Å². The fourth-order valence-electron chi connectivity index (χ4n) is 7.15. The van der Waals surface area contributed by atoms with Gasteiger partial charge >= 0.3 is 0 Å². The SMILES string of the molecule is Cc1ccc2c(oc3c(-c4cc5c(c(C6CCCCC6)c4)CCC5)c(C#N)ccc32)c1-c1cccc[n+]1C. The number of aryl methyl sites for hydroxylation is 3. The van der Waals surface area contributed by atoms with E-state index in [1.807, 2.05) is 12.1 Å². The fourth-order valence-corrected chi connectivity index (χ4v) is 7.15. The number of nitriles is 1. The van der Waals surface area contributed by atoms with Gasteiger partial charge in [-0.2, -0.15) is 5.26 Å². The number of nitrogens with zero attached hydrogens (tertiary/aromatic N) is 2. The number of benzene rings is 3. The molecule has 0 bridgehead atoms. The summed E-state index contributed by atoms with van der Waals surface area (Å²) in [5, 5.41) is 12.4. The third-order valence-corrected chi connectivity index (χ3v) is 9.03. The van der Waals surface area contributed by atoms with Crippen LogP contribution in [0.4, 0.5) is 0 Å². The van der Waals surface area contributed by atoms with Crippen LogP contribution in [0, 0.1) is 18.3 Å². The third kappa shape index (κ3) is 3.58. The molecular weight excluding hydrogens is 464 g/mol. The van der Waals surface area contributed by atoms with Crippen LogP contribution in [0.25, 0.3) is 44.3 Å². The maximum Gasteiger partial charge on any atom is 0.216 e.